The lowest BCUT2D eigenvalue weighted by molar-refractivity contribution is -0.138. The molecule has 1 aromatic rings. The van der Waals surface area contributed by atoms with Crippen molar-refractivity contribution >= 4 is 27.8 Å². The van der Waals surface area contributed by atoms with E-state index >= 15 is 0 Å². The van der Waals surface area contributed by atoms with Crippen molar-refractivity contribution in [3.63, 3.8) is 0 Å². The number of carboxylic acids is 1. The van der Waals surface area contributed by atoms with Crippen molar-refractivity contribution in [1.29, 1.82) is 0 Å². The van der Waals surface area contributed by atoms with E-state index in [9.17, 15) is 9.59 Å². The molecule has 0 atom stereocenters. The number of nitrogens with zero attached hydrogens (tertiary/aromatic N) is 3. The van der Waals surface area contributed by atoms with Gasteiger partial charge in [0.05, 0.1) is 29.0 Å². The highest BCUT2D eigenvalue weighted by atomic mass is 79.9. The Hall–Kier alpha value is -1.41. The fourth-order valence-corrected chi connectivity index (χ4v) is 2.52. The zero-order chi connectivity index (χ0) is 14.6. The van der Waals surface area contributed by atoms with Gasteiger partial charge in [-0.05, 0) is 22.4 Å². The lowest BCUT2D eigenvalue weighted by Crippen LogP contribution is -2.37. The molecule has 7 nitrogen and oxygen atoms in total. The van der Waals surface area contributed by atoms with E-state index in [1.165, 1.54) is 4.90 Å². The maximum absolute atomic E-state index is 11.0. The van der Waals surface area contributed by atoms with Gasteiger partial charge in [-0.25, -0.2) is 0 Å². The summed E-state index contributed by atoms with van der Waals surface area (Å²) in [7, 11) is 1.78. The first kappa shape index (κ1) is 15.6. The summed E-state index contributed by atoms with van der Waals surface area (Å²) in [5.41, 5.74) is 6.84. The zero-order valence-corrected chi connectivity index (χ0v) is 12.5. The van der Waals surface area contributed by atoms with E-state index in [-0.39, 0.29) is 13.1 Å². The van der Waals surface area contributed by atoms with Crippen molar-refractivity contribution in [1.82, 2.24) is 14.7 Å². The second-order valence-corrected chi connectivity index (χ2v) is 4.98. The van der Waals surface area contributed by atoms with Crippen molar-refractivity contribution in [2.75, 3.05) is 13.1 Å². The minimum atomic E-state index is -1.00. The first-order valence-corrected chi connectivity index (χ1v) is 6.57. The smallest absolute Gasteiger partial charge is 0.317 e. The van der Waals surface area contributed by atoms with Crippen LogP contribution in [0.4, 0.5) is 0 Å². The average molecular weight is 333 g/mol. The van der Waals surface area contributed by atoms with Crippen LogP contribution in [0, 0.1) is 0 Å². The molecule has 0 aliphatic carbocycles. The molecule has 1 aromatic heterocycles. The van der Waals surface area contributed by atoms with Gasteiger partial charge in [0, 0.05) is 13.6 Å². The number of carbonyl (C=O) groups is 2. The maximum atomic E-state index is 11.0. The second-order valence-electron chi connectivity index (χ2n) is 4.19. The molecule has 0 radical (unpaired) electrons. The summed E-state index contributed by atoms with van der Waals surface area (Å²) < 4.78 is 2.52. The standard InChI is InChI=1S/C11H17BrN4O3/c1-3-7-11(12)8(15(2)14-7)4-16(5-9(13)17)6-10(18)19/h3-6H2,1-2H3,(H2,13,17)(H,18,19). The van der Waals surface area contributed by atoms with Crippen molar-refractivity contribution < 1.29 is 14.7 Å². The van der Waals surface area contributed by atoms with Crippen LogP contribution in [0.3, 0.4) is 0 Å². The molecule has 0 fully saturated rings. The quantitative estimate of drug-likeness (QED) is 0.738. The molecule has 1 rings (SSSR count). The summed E-state index contributed by atoms with van der Waals surface area (Å²) in [6, 6.07) is 0. The number of carboxylic acid groups (broad SMARTS) is 1. The number of hydrogen-bond acceptors (Lipinski definition) is 4. The molecule has 0 aliphatic heterocycles. The number of aryl methyl sites for hydroxylation is 2. The van der Waals surface area contributed by atoms with Gasteiger partial charge >= 0.3 is 5.97 Å². The SMILES string of the molecule is CCc1nn(C)c(CN(CC(N)=O)CC(=O)O)c1Br. The Balaban J connectivity index is 2.92. The summed E-state index contributed by atoms with van der Waals surface area (Å²) in [6.07, 6.45) is 0.767. The van der Waals surface area contributed by atoms with Crippen LogP contribution in [0.5, 0.6) is 0 Å². The fourth-order valence-electron chi connectivity index (χ4n) is 1.78. The number of rotatable bonds is 7. The molecular weight excluding hydrogens is 316 g/mol. The number of amides is 1. The van der Waals surface area contributed by atoms with Crippen LogP contribution < -0.4 is 5.73 Å². The number of aromatic nitrogens is 2. The van der Waals surface area contributed by atoms with Crippen LogP contribution in [-0.2, 0) is 29.6 Å². The highest BCUT2D eigenvalue weighted by Crippen LogP contribution is 2.22. The maximum Gasteiger partial charge on any atom is 0.317 e. The third-order valence-corrected chi connectivity index (χ3v) is 3.53. The fraction of sp³-hybridized carbons (Fsp3) is 0.545. The normalized spacial score (nSPS) is 10.9. The van der Waals surface area contributed by atoms with E-state index in [4.69, 9.17) is 10.8 Å². The Morgan fingerprint density at radius 2 is 2.11 bits per heavy atom. The van der Waals surface area contributed by atoms with Gasteiger partial charge < -0.3 is 10.8 Å². The Bertz CT molecular complexity index is 471. The molecule has 3 N–H and O–H groups in total. The molecule has 1 amide bonds. The van der Waals surface area contributed by atoms with Gasteiger partial charge in [-0.3, -0.25) is 19.2 Å². The number of carbonyl (C=O) groups excluding carboxylic acids is 1. The lowest BCUT2D eigenvalue weighted by Gasteiger charge is -2.18. The highest BCUT2D eigenvalue weighted by Gasteiger charge is 2.18. The van der Waals surface area contributed by atoms with Gasteiger partial charge in [0.25, 0.3) is 0 Å². The lowest BCUT2D eigenvalue weighted by atomic mass is 10.3. The van der Waals surface area contributed by atoms with E-state index in [1.807, 2.05) is 6.92 Å². The average Bonchev–Trinajstić information content (AvgIpc) is 2.54. The van der Waals surface area contributed by atoms with Gasteiger partial charge in [0.2, 0.25) is 5.91 Å². The molecule has 106 valence electrons. The highest BCUT2D eigenvalue weighted by molar-refractivity contribution is 9.10. The Morgan fingerprint density at radius 3 is 2.53 bits per heavy atom. The topological polar surface area (TPSA) is 101 Å². The molecule has 19 heavy (non-hydrogen) atoms. The number of hydrogen-bond donors (Lipinski definition) is 2. The van der Waals surface area contributed by atoms with Crippen molar-refractivity contribution in [2.45, 2.75) is 19.9 Å². The van der Waals surface area contributed by atoms with E-state index in [1.54, 1.807) is 11.7 Å². The van der Waals surface area contributed by atoms with E-state index in [0.29, 0.717) is 6.54 Å². The molecule has 1 heterocycles. The van der Waals surface area contributed by atoms with E-state index in [2.05, 4.69) is 21.0 Å². The van der Waals surface area contributed by atoms with Crippen LogP contribution in [0.25, 0.3) is 0 Å². The van der Waals surface area contributed by atoms with Crippen LogP contribution in [0.15, 0.2) is 4.47 Å². The van der Waals surface area contributed by atoms with Crippen LogP contribution in [-0.4, -0.2) is 44.8 Å². The zero-order valence-electron chi connectivity index (χ0n) is 10.9. The second kappa shape index (κ2) is 6.67. The van der Waals surface area contributed by atoms with Crippen molar-refractivity contribution in [2.24, 2.45) is 12.8 Å². The van der Waals surface area contributed by atoms with Gasteiger partial charge in [-0.2, -0.15) is 5.10 Å². The predicted molar refractivity (Wildman–Crippen MR) is 72.4 cm³/mol. The third-order valence-electron chi connectivity index (χ3n) is 2.61. The number of aliphatic carboxylic acids is 1. The number of primary amides is 1. The summed E-state index contributed by atoms with van der Waals surface area (Å²) in [5.74, 6) is -1.56. The summed E-state index contributed by atoms with van der Waals surface area (Å²) in [5, 5.41) is 13.2. The van der Waals surface area contributed by atoms with Crippen LogP contribution in [0.1, 0.15) is 18.3 Å². The van der Waals surface area contributed by atoms with Gasteiger partial charge in [-0.1, -0.05) is 6.92 Å². The molecule has 0 bridgehead atoms. The number of halogens is 1. The molecule has 0 aliphatic rings. The minimum absolute atomic E-state index is 0.106. The van der Waals surface area contributed by atoms with Crippen LogP contribution in [0.2, 0.25) is 0 Å². The molecule has 0 saturated heterocycles. The Morgan fingerprint density at radius 1 is 1.47 bits per heavy atom. The first-order valence-electron chi connectivity index (χ1n) is 5.77. The first-order chi connectivity index (χ1) is 8.85. The molecular formula is C11H17BrN4O3. The van der Waals surface area contributed by atoms with Crippen molar-refractivity contribution in [3.05, 3.63) is 15.9 Å². The van der Waals surface area contributed by atoms with Gasteiger partial charge in [0.1, 0.15) is 0 Å². The summed E-state index contributed by atoms with van der Waals surface area (Å²) in [6.45, 7) is 1.92. The summed E-state index contributed by atoms with van der Waals surface area (Å²) in [4.78, 5) is 23.2. The predicted octanol–water partition coefficient (Wildman–Crippen LogP) is 0.117. The largest absolute Gasteiger partial charge is 0.480 e. The van der Waals surface area contributed by atoms with E-state index in [0.717, 1.165) is 22.3 Å². The van der Waals surface area contributed by atoms with Crippen LogP contribution >= 0.6 is 15.9 Å². The third kappa shape index (κ3) is 4.32. The molecule has 0 unspecified atom stereocenters. The molecule has 0 saturated carbocycles. The molecule has 0 spiro atoms. The summed E-state index contributed by atoms with van der Waals surface area (Å²) >= 11 is 3.45. The van der Waals surface area contributed by atoms with Gasteiger partial charge in [-0.15, -0.1) is 0 Å². The molecule has 8 heteroatoms. The number of nitrogens with two attached hydrogens (primary N) is 1. The Kier molecular flexibility index (Phi) is 5.49. The van der Waals surface area contributed by atoms with Gasteiger partial charge in [0.15, 0.2) is 0 Å². The Labute approximate surface area is 119 Å². The van der Waals surface area contributed by atoms with Crippen molar-refractivity contribution in [3.8, 4) is 0 Å². The minimum Gasteiger partial charge on any atom is -0.480 e. The van der Waals surface area contributed by atoms with E-state index < -0.39 is 11.9 Å². The molecule has 0 aromatic carbocycles. The monoisotopic (exact) mass is 332 g/mol.